The van der Waals surface area contributed by atoms with Crippen LogP contribution in [0.15, 0.2) is 35.3 Å². The van der Waals surface area contributed by atoms with E-state index in [9.17, 15) is 14.9 Å². The summed E-state index contributed by atoms with van der Waals surface area (Å²) in [5, 5.41) is 16.4. The number of nitrogens with zero attached hydrogens (tertiary/aromatic N) is 4. The molecule has 120 valence electrons. The molecule has 1 fully saturated rings. The van der Waals surface area contributed by atoms with Gasteiger partial charge in [0.25, 0.3) is 0 Å². The number of nitrogens with one attached hydrogen (secondary N) is 1. The minimum Gasteiger partial charge on any atom is -0.464 e. The molecular formula is C15H11N5O3S. The second-order valence-corrected chi connectivity index (χ2v) is 5.61. The van der Waals surface area contributed by atoms with Crippen LogP contribution in [0, 0.1) is 11.3 Å². The lowest BCUT2D eigenvalue weighted by Gasteiger charge is -2.06. The molecular weight excluding hydrogens is 330 g/mol. The molecule has 1 aliphatic heterocycles. The summed E-state index contributed by atoms with van der Waals surface area (Å²) in [5.74, 6) is -0.630. The molecule has 0 radical (unpaired) electrons. The first-order chi connectivity index (χ1) is 11.6. The fraction of sp³-hybridized carbons (Fsp3) is 0.133. The van der Waals surface area contributed by atoms with E-state index < -0.39 is 5.97 Å². The van der Waals surface area contributed by atoms with Crippen molar-refractivity contribution in [1.82, 2.24) is 15.1 Å². The van der Waals surface area contributed by atoms with E-state index in [1.54, 1.807) is 24.3 Å². The van der Waals surface area contributed by atoms with Crippen molar-refractivity contribution >= 4 is 34.5 Å². The molecule has 1 aromatic heterocycles. The van der Waals surface area contributed by atoms with Gasteiger partial charge in [-0.25, -0.2) is 14.5 Å². The molecule has 0 bridgehead atoms. The zero-order chi connectivity index (χ0) is 17.1. The zero-order valence-corrected chi connectivity index (χ0v) is 13.3. The molecule has 1 N–H and O–H groups in total. The van der Waals surface area contributed by atoms with Crippen LogP contribution in [0.5, 0.6) is 0 Å². The number of para-hydroxylation sites is 1. The van der Waals surface area contributed by atoms with Crippen molar-refractivity contribution in [2.24, 2.45) is 4.99 Å². The number of methoxy groups -OCH3 is 1. The number of rotatable bonds is 3. The number of hydrogen-bond donors (Lipinski definition) is 1. The van der Waals surface area contributed by atoms with E-state index in [-0.39, 0.29) is 28.7 Å². The third-order valence-corrected chi connectivity index (χ3v) is 4.02. The van der Waals surface area contributed by atoms with Crippen LogP contribution in [0.4, 0.5) is 5.69 Å². The Bertz CT molecular complexity index is 883. The van der Waals surface area contributed by atoms with Crippen LogP contribution in [-0.2, 0) is 9.53 Å². The number of amides is 1. The smallest absolute Gasteiger partial charge is 0.359 e. The summed E-state index contributed by atoms with van der Waals surface area (Å²) < 4.78 is 6.12. The van der Waals surface area contributed by atoms with Gasteiger partial charge in [-0.2, -0.15) is 10.4 Å². The molecule has 2 heterocycles. The number of aliphatic imine (C=N–C) groups is 1. The number of nitriles is 1. The van der Waals surface area contributed by atoms with Gasteiger partial charge in [-0.3, -0.25) is 4.79 Å². The van der Waals surface area contributed by atoms with Crippen LogP contribution < -0.4 is 5.32 Å². The van der Waals surface area contributed by atoms with Crippen LogP contribution in [0.2, 0.25) is 0 Å². The Morgan fingerprint density at radius 3 is 2.79 bits per heavy atom. The van der Waals surface area contributed by atoms with Crippen LogP contribution in [0.25, 0.3) is 5.69 Å². The van der Waals surface area contributed by atoms with E-state index >= 15 is 0 Å². The molecule has 0 saturated carbocycles. The molecule has 1 aromatic carbocycles. The van der Waals surface area contributed by atoms with Gasteiger partial charge < -0.3 is 10.1 Å². The molecule has 2 aromatic rings. The van der Waals surface area contributed by atoms with Crippen LogP contribution in [-0.4, -0.2) is 39.7 Å². The maximum Gasteiger partial charge on any atom is 0.359 e. The summed E-state index contributed by atoms with van der Waals surface area (Å²) in [6.45, 7) is 0. The molecule has 0 spiro atoms. The molecule has 1 amide bonds. The van der Waals surface area contributed by atoms with Crippen molar-refractivity contribution in [2.45, 2.75) is 0 Å². The average Bonchev–Trinajstić information content (AvgIpc) is 3.18. The van der Waals surface area contributed by atoms with E-state index in [2.05, 4.69) is 15.4 Å². The molecule has 0 unspecified atom stereocenters. The number of hydrogen-bond acceptors (Lipinski definition) is 7. The molecule has 8 nitrogen and oxygen atoms in total. The monoisotopic (exact) mass is 341 g/mol. The van der Waals surface area contributed by atoms with Crippen LogP contribution in [0.1, 0.15) is 16.2 Å². The fourth-order valence-corrected chi connectivity index (χ4v) is 2.80. The van der Waals surface area contributed by atoms with Crippen LogP contribution in [0.3, 0.4) is 0 Å². The second-order valence-electron chi connectivity index (χ2n) is 4.65. The summed E-state index contributed by atoms with van der Waals surface area (Å²) in [6, 6.07) is 10.8. The summed E-state index contributed by atoms with van der Waals surface area (Å²) in [4.78, 5) is 27.8. The molecule has 24 heavy (non-hydrogen) atoms. The van der Waals surface area contributed by atoms with Gasteiger partial charge >= 0.3 is 5.97 Å². The molecule has 9 heteroatoms. The Morgan fingerprint density at radius 2 is 2.21 bits per heavy atom. The van der Waals surface area contributed by atoms with Gasteiger partial charge in [0.1, 0.15) is 11.8 Å². The highest BCUT2D eigenvalue weighted by molar-refractivity contribution is 8.15. The predicted octanol–water partition coefficient (Wildman–Crippen LogP) is 1.38. The van der Waals surface area contributed by atoms with Gasteiger partial charge in [-0.15, -0.1) is 0 Å². The number of carbonyl (C=O) groups is 2. The number of benzene rings is 1. The normalized spacial score (nSPS) is 15.2. The first-order valence-corrected chi connectivity index (χ1v) is 7.80. The maximum absolute atomic E-state index is 12.2. The standard InChI is InChI=1S/C15H11N5O3S/c1-23-14(22)13-12(18-15-17-11(21)8-24-15)10(7-16)19-20(13)9-5-3-2-4-6-9/h2-6H,8H2,1H3,(H,17,18,21). The highest BCUT2D eigenvalue weighted by Crippen LogP contribution is 2.29. The molecule has 1 saturated heterocycles. The third-order valence-electron chi connectivity index (χ3n) is 3.15. The summed E-state index contributed by atoms with van der Waals surface area (Å²) >= 11 is 1.19. The SMILES string of the molecule is COC(=O)c1c(N=C2NC(=O)CS2)c(C#N)nn1-c1ccccc1. The molecule has 1 aliphatic rings. The number of esters is 1. The van der Waals surface area contributed by atoms with Crippen molar-refractivity contribution in [2.75, 3.05) is 12.9 Å². The van der Waals surface area contributed by atoms with Crippen molar-refractivity contribution in [3.8, 4) is 11.8 Å². The maximum atomic E-state index is 12.2. The quantitative estimate of drug-likeness (QED) is 0.845. The lowest BCUT2D eigenvalue weighted by atomic mass is 10.2. The van der Waals surface area contributed by atoms with E-state index in [0.717, 1.165) is 0 Å². The third kappa shape index (κ3) is 2.87. The van der Waals surface area contributed by atoms with Gasteiger partial charge in [0.2, 0.25) is 5.91 Å². The highest BCUT2D eigenvalue weighted by Gasteiger charge is 2.27. The number of thioether (sulfide) groups is 1. The number of ether oxygens (including phenoxy) is 1. The Kier molecular flexibility index (Phi) is 4.31. The summed E-state index contributed by atoms with van der Waals surface area (Å²) in [6.07, 6.45) is 0. The Labute approximate surface area is 141 Å². The lowest BCUT2D eigenvalue weighted by molar-refractivity contribution is -0.116. The highest BCUT2D eigenvalue weighted by atomic mass is 32.2. The average molecular weight is 341 g/mol. The van der Waals surface area contributed by atoms with Gasteiger partial charge in [-0.1, -0.05) is 30.0 Å². The van der Waals surface area contributed by atoms with Crippen LogP contribution >= 0.6 is 11.8 Å². The minimum absolute atomic E-state index is 0.0227. The van der Waals surface area contributed by atoms with Crippen molar-refractivity contribution < 1.29 is 14.3 Å². The second kappa shape index (κ2) is 6.55. The zero-order valence-electron chi connectivity index (χ0n) is 12.5. The molecule has 3 rings (SSSR count). The molecule has 0 atom stereocenters. The summed E-state index contributed by atoms with van der Waals surface area (Å²) in [7, 11) is 1.24. The lowest BCUT2D eigenvalue weighted by Crippen LogP contribution is -2.20. The Morgan fingerprint density at radius 1 is 1.46 bits per heavy atom. The topological polar surface area (TPSA) is 109 Å². The largest absolute Gasteiger partial charge is 0.464 e. The van der Waals surface area contributed by atoms with E-state index in [0.29, 0.717) is 10.9 Å². The Balaban J connectivity index is 2.20. The predicted molar refractivity (Wildman–Crippen MR) is 87.3 cm³/mol. The number of amidine groups is 1. The minimum atomic E-state index is -0.679. The van der Waals surface area contributed by atoms with Gasteiger partial charge in [0.05, 0.1) is 18.6 Å². The van der Waals surface area contributed by atoms with Gasteiger partial charge in [-0.05, 0) is 12.1 Å². The van der Waals surface area contributed by atoms with E-state index in [1.807, 2.05) is 12.1 Å². The number of carbonyl (C=O) groups excluding carboxylic acids is 2. The fourth-order valence-electron chi connectivity index (χ4n) is 2.11. The first-order valence-electron chi connectivity index (χ1n) is 6.82. The van der Waals surface area contributed by atoms with E-state index in [4.69, 9.17) is 4.74 Å². The number of aromatic nitrogens is 2. The van der Waals surface area contributed by atoms with Gasteiger partial charge in [0, 0.05) is 0 Å². The van der Waals surface area contributed by atoms with Crippen molar-refractivity contribution in [3.05, 3.63) is 41.7 Å². The van der Waals surface area contributed by atoms with Gasteiger partial charge in [0.15, 0.2) is 16.6 Å². The summed E-state index contributed by atoms with van der Waals surface area (Å²) in [5.41, 5.74) is 0.643. The Hall–Kier alpha value is -3.12. The van der Waals surface area contributed by atoms with Crippen molar-refractivity contribution in [3.63, 3.8) is 0 Å². The molecule has 0 aliphatic carbocycles. The first kappa shape index (κ1) is 15.8. The van der Waals surface area contributed by atoms with Crippen molar-refractivity contribution in [1.29, 1.82) is 5.26 Å². The van der Waals surface area contributed by atoms with E-state index in [1.165, 1.54) is 23.6 Å².